The van der Waals surface area contributed by atoms with Gasteiger partial charge in [0.05, 0.1) is 16.6 Å². The summed E-state index contributed by atoms with van der Waals surface area (Å²) in [5.74, 6) is 0.263. The molecule has 128 valence electrons. The molecule has 4 aromatic rings. The summed E-state index contributed by atoms with van der Waals surface area (Å²) in [4.78, 5) is 22.4. The van der Waals surface area contributed by atoms with E-state index in [1.54, 1.807) is 35.6 Å². The molecular weight excluding hydrogens is 346 g/mol. The quantitative estimate of drug-likeness (QED) is 0.528. The van der Waals surface area contributed by atoms with Crippen molar-refractivity contribution in [1.29, 1.82) is 0 Å². The Morgan fingerprint density at radius 3 is 2.54 bits per heavy atom. The van der Waals surface area contributed by atoms with Crippen molar-refractivity contribution >= 4 is 39.0 Å². The van der Waals surface area contributed by atoms with Gasteiger partial charge in [-0.25, -0.2) is 14.8 Å². The van der Waals surface area contributed by atoms with E-state index in [-0.39, 0.29) is 5.56 Å². The molecule has 2 heterocycles. The number of anilines is 2. The van der Waals surface area contributed by atoms with E-state index in [0.29, 0.717) is 17.3 Å². The number of hydrogen-bond acceptors (Lipinski definition) is 5. The first-order chi connectivity index (χ1) is 12.6. The summed E-state index contributed by atoms with van der Waals surface area (Å²) in [6.07, 6.45) is 0. The molecule has 0 aliphatic carbocycles. The van der Waals surface area contributed by atoms with Crippen LogP contribution in [0.4, 0.5) is 11.5 Å². The van der Waals surface area contributed by atoms with Crippen molar-refractivity contribution in [1.82, 2.24) is 9.97 Å². The molecule has 6 heteroatoms. The average Bonchev–Trinajstić information content (AvgIpc) is 3.07. The highest BCUT2D eigenvalue weighted by Crippen LogP contribution is 2.36. The molecule has 2 aromatic carbocycles. The second kappa shape index (κ2) is 6.57. The van der Waals surface area contributed by atoms with Crippen LogP contribution in [0.25, 0.3) is 20.7 Å². The number of aromatic nitrogens is 2. The van der Waals surface area contributed by atoms with E-state index in [4.69, 9.17) is 0 Å². The van der Waals surface area contributed by atoms with Gasteiger partial charge >= 0.3 is 5.97 Å². The Morgan fingerprint density at radius 1 is 1.04 bits per heavy atom. The predicted molar refractivity (Wildman–Crippen MR) is 104 cm³/mol. The van der Waals surface area contributed by atoms with Gasteiger partial charge in [-0.1, -0.05) is 42.5 Å². The van der Waals surface area contributed by atoms with E-state index >= 15 is 0 Å². The third-order valence-corrected chi connectivity index (χ3v) is 5.05. The highest BCUT2D eigenvalue weighted by Gasteiger charge is 2.15. The Labute approximate surface area is 154 Å². The van der Waals surface area contributed by atoms with Gasteiger partial charge in [0, 0.05) is 4.88 Å². The molecule has 0 amide bonds. The summed E-state index contributed by atoms with van der Waals surface area (Å²) in [6.45, 7) is 1.83. The fraction of sp³-hybridized carbons (Fsp3) is 0.0500. The summed E-state index contributed by atoms with van der Waals surface area (Å²) in [5.41, 5.74) is 1.83. The Hall–Kier alpha value is -3.25. The van der Waals surface area contributed by atoms with E-state index in [2.05, 4.69) is 27.4 Å². The summed E-state index contributed by atoms with van der Waals surface area (Å²) < 4.78 is 0. The van der Waals surface area contributed by atoms with Crippen LogP contribution >= 0.6 is 11.3 Å². The Bertz CT molecular complexity index is 1110. The van der Waals surface area contributed by atoms with E-state index in [1.165, 1.54) is 0 Å². The Balaban J connectivity index is 1.83. The third-order valence-electron chi connectivity index (χ3n) is 3.97. The SMILES string of the molecule is Cc1nc(Nc2ccccc2C(=O)O)c2cc(-c3ccccc3)sc2n1. The molecule has 0 unspecified atom stereocenters. The minimum atomic E-state index is -0.981. The maximum absolute atomic E-state index is 11.5. The van der Waals surface area contributed by atoms with Crippen molar-refractivity contribution in [3.8, 4) is 10.4 Å². The lowest BCUT2D eigenvalue weighted by molar-refractivity contribution is 0.0698. The zero-order valence-electron chi connectivity index (χ0n) is 13.9. The minimum absolute atomic E-state index is 0.204. The molecule has 2 aromatic heterocycles. The number of rotatable bonds is 4. The fourth-order valence-electron chi connectivity index (χ4n) is 2.77. The lowest BCUT2D eigenvalue weighted by Crippen LogP contribution is -2.04. The molecule has 0 aliphatic heterocycles. The summed E-state index contributed by atoms with van der Waals surface area (Å²) in [5, 5.41) is 13.4. The van der Waals surface area contributed by atoms with Crippen molar-refractivity contribution in [2.24, 2.45) is 0 Å². The molecule has 5 nitrogen and oxygen atoms in total. The molecule has 26 heavy (non-hydrogen) atoms. The van der Waals surface area contributed by atoms with Gasteiger partial charge in [0.2, 0.25) is 0 Å². The van der Waals surface area contributed by atoms with Crippen LogP contribution in [0, 0.1) is 6.92 Å². The van der Waals surface area contributed by atoms with E-state index in [9.17, 15) is 9.90 Å². The number of thiophene rings is 1. The van der Waals surface area contributed by atoms with Crippen molar-refractivity contribution in [3.63, 3.8) is 0 Å². The van der Waals surface area contributed by atoms with Crippen molar-refractivity contribution in [3.05, 3.63) is 72.1 Å². The van der Waals surface area contributed by atoms with Crippen molar-refractivity contribution in [2.45, 2.75) is 6.92 Å². The molecule has 0 fully saturated rings. The van der Waals surface area contributed by atoms with Crippen LogP contribution in [-0.2, 0) is 0 Å². The molecule has 2 N–H and O–H groups in total. The number of carboxylic acids is 1. The average molecular weight is 361 g/mol. The largest absolute Gasteiger partial charge is 0.478 e. The highest BCUT2D eigenvalue weighted by molar-refractivity contribution is 7.21. The summed E-state index contributed by atoms with van der Waals surface area (Å²) >= 11 is 1.59. The first kappa shape index (κ1) is 16.2. The zero-order chi connectivity index (χ0) is 18.1. The lowest BCUT2D eigenvalue weighted by atomic mass is 10.1. The molecule has 0 radical (unpaired) electrons. The van der Waals surface area contributed by atoms with E-state index < -0.39 is 5.97 Å². The van der Waals surface area contributed by atoms with Crippen LogP contribution in [0.15, 0.2) is 60.7 Å². The maximum atomic E-state index is 11.5. The van der Waals surface area contributed by atoms with Crippen LogP contribution in [0.3, 0.4) is 0 Å². The number of hydrogen-bond donors (Lipinski definition) is 2. The third kappa shape index (κ3) is 3.02. The fourth-order valence-corrected chi connectivity index (χ4v) is 3.86. The number of aromatic carboxylic acids is 1. The van der Waals surface area contributed by atoms with Gasteiger partial charge in [0.25, 0.3) is 0 Å². The first-order valence-electron chi connectivity index (χ1n) is 8.05. The summed E-state index contributed by atoms with van der Waals surface area (Å²) in [6, 6.07) is 18.9. The van der Waals surface area contributed by atoms with Gasteiger partial charge < -0.3 is 10.4 Å². The number of aryl methyl sites for hydroxylation is 1. The van der Waals surface area contributed by atoms with Crippen LogP contribution in [0.5, 0.6) is 0 Å². The standard InChI is InChI=1S/C20H15N3O2S/c1-12-21-18(23-16-10-6-5-9-14(16)20(24)25)15-11-17(26-19(15)22-12)13-7-3-2-4-8-13/h2-11H,1H3,(H,24,25)(H,21,22,23). The maximum Gasteiger partial charge on any atom is 0.337 e. The monoisotopic (exact) mass is 361 g/mol. The second-order valence-electron chi connectivity index (χ2n) is 5.79. The van der Waals surface area contributed by atoms with Gasteiger partial charge in [-0.15, -0.1) is 11.3 Å². The van der Waals surface area contributed by atoms with Gasteiger partial charge in [-0.05, 0) is 30.7 Å². The number of fused-ring (bicyclic) bond motifs is 1. The number of nitrogens with one attached hydrogen (secondary N) is 1. The second-order valence-corrected chi connectivity index (χ2v) is 6.82. The van der Waals surface area contributed by atoms with E-state index in [0.717, 1.165) is 20.7 Å². The number of carboxylic acid groups (broad SMARTS) is 1. The van der Waals surface area contributed by atoms with Gasteiger partial charge in [-0.3, -0.25) is 0 Å². The number of para-hydroxylation sites is 1. The number of benzene rings is 2. The number of nitrogens with zero attached hydrogens (tertiary/aromatic N) is 2. The lowest BCUT2D eigenvalue weighted by Gasteiger charge is -2.10. The summed E-state index contributed by atoms with van der Waals surface area (Å²) in [7, 11) is 0. The Kier molecular flexibility index (Phi) is 4.10. The van der Waals surface area contributed by atoms with Crippen LogP contribution < -0.4 is 5.32 Å². The molecule has 0 saturated carbocycles. The molecule has 0 saturated heterocycles. The molecule has 0 aliphatic rings. The number of carbonyl (C=O) groups is 1. The van der Waals surface area contributed by atoms with Crippen molar-refractivity contribution in [2.75, 3.05) is 5.32 Å². The molecule has 4 rings (SSSR count). The predicted octanol–water partition coefficient (Wildman–Crippen LogP) is 5.11. The van der Waals surface area contributed by atoms with E-state index in [1.807, 2.05) is 31.2 Å². The van der Waals surface area contributed by atoms with Crippen molar-refractivity contribution < 1.29 is 9.90 Å². The Morgan fingerprint density at radius 2 is 1.77 bits per heavy atom. The first-order valence-corrected chi connectivity index (χ1v) is 8.86. The van der Waals surface area contributed by atoms with Crippen LogP contribution in [-0.4, -0.2) is 21.0 Å². The molecule has 0 spiro atoms. The molecule has 0 bridgehead atoms. The van der Waals surface area contributed by atoms with Gasteiger partial charge in [0.15, 0.2) is 0 Å². The normalized spacial score (nSPS) is 10.8. The van der Waals surface area contributed by atoms with Gasteiger partial charge in [-0.2, -0.15) is 0 Å². The topological polar surface area (TPSA) is 75.1 Å². The van der Waals surface area contributed by atoms with Gasteiger partial charge in [0.1, 0.15) is 16.5 Å². The highest BCUT2D eigenvalue weighted by atomic mass is 32.1. The smallest absolute Gasteiger partial charge is 0.337 e. The molecular formula is C20H15N3O2S. The van der Waals surface area contributed by atoms with Crippen LogP contribution in [0.1, 0.15) is 16.2 Å². The molecule has 0 atom stereocenters. The minimum Gasteiger partial charge on any atom is -0.478 e. The zero-order valence-corrected chi connectivity index (χ0v) is 14.7. The van der Waals surface area contributed by atoms with Crippen LogP contribution in [0.2, 0.25) is 0 Å².